The van der Waals surface area contributed by atoms with Crippen LogP contribution in [0.2, 0.25) is 0 Å². The van der Waals surface area contributed by atoms with Crippen molar-refractivity contribution in [1.29, 1.82) is 0 Å². The highest BCUT2D eigenvalue weighted by molar-refractivity contribution is 5.94. The van der Waals surface area contributed by atoms with Gasteiger partial charge >= 0.3 is 0 Å². The summed E-state index contributed by atoms with van der Waals surface area (Å²) in [6.45, 7) is 3.39. The molecule has 2 aromatic carbocycles. The number of primary amides is 1. The fraction of sp³-hybridized carbons (Fsp3) is 0.292. The molecule has 7 heteroatoms. The molecule has 0 fully saturated rings. The molecule has 0 radical (unpaired) electrons. The van der Waals surface area contributed by atoms with Crippen LogP contribution in [-0.4, -0.2) is 28.0 Å². The zero-order valence-corrected chi connectivity index (χ0v) is 17.6. The Labute approximate surface area is 181 Å². The summed E-state index contributed by atoms with van der Waals surface area (Å²) < 4.78 is 0. The summed E-state index contributed by atoms with van der Waals surface area (Å²) in [7, 11) is 0. The number of hydrogen-bond acceptors (Lipinski definition) is 6. The minimum absolute atomic E-state index is 0.392. The lowest BCUT2D eigenvalue weighted by molar-refractivity contribution is -0.122. The maximum Gasteiger partial charge on any atom is 0.243 e. The van der Waals surface area contributed by atoms with E-state index in [1.165, 1.54) is 5.56 Å². The van der Waals surface area contributed by atoms with Crippen LogP contribution in [0.25, 0.3) is 0 Å². The Morgan fingerprint density at radius 2 is 1.94 bits per heavy atom. The van der Waals surface area contributed by atoms with E-state index in [4.69, 9.17) is 15.7 Å². The van der Waals surface area contributed by atoms with Gasteiger partial charge in [0, 0.05) is 30.8 Å². The van der Waals surface area contributed by atoms with Gasteiger partial charge in [-0.3, -0.25) is 9.69 Å². The Morgan fingerprint density at radius 1 is 1.16 bits per heavy atom. The summed E-state index contributed by atoms with van der Waals surface area (Å²) >= 11 is 0. The Morgan fingerprint density at radius 3 is 2.74 bits per heavy atom. The van der Waals surface area contributed by atoms with Crippen LogP contribution in [0.5, 0.6) is 0 Å². The largest absolute Gasteiger partial charge is 0.370 e. The molecule has 1 atom stereocenters. The smallest absolute Gasteiger partial charge is 0.243 e. The van der Waals surface area contributed by atoms with E-state index in [0.717, 1.165) is 47.8 Å². The van der Waals surface area contributed by atoms with Crippen molar-refractivity contribution in [3.8, 4) is 0 Å². The number of anilines is 4. The highest BCUT2D eigenvalue weighted by atomic mass is 16.1. The summed E-state index contributed by atoms with van der Waals surface area (Å²) in [5.41, 5.74) is 9.20. The maximum absolute atomic E-state index is 12.6. The number of nitrogens with zero attached hydrogens (tertiary/aromatic N) is 3. The van der Waals surface area contributed by atoms with E-state index < -0.39 is 11.4 Å². The standard InChI is InChI=1S/C24H26N6O/c1-24(22(25)31)14-17-10-5-6-12-19(17)30(24)23-28-20-18(11-7-13-26-20)21(29-23)27-15-16-8-3-2-4-9-16/h2-6,8-10,12H,7,11,13-15H2,1H3,(H2,25,31)(H2,26,27,28,29). The maximum atomic E-state index is 12.6. The van der Waals surface area contributed by atoms with Gasteiger partial charge in [-0.2, -0.15) is 9.97 Å². The number of rotatable bonds is 5. The SMILES string of the molecule is CC1(C(N)=O)Cc2ccccc2N1c1nc2c(c(NCc3ccccc3)n1)CCCN2. The van der Waals surface area contributed by atoms with Gasteiger partial charge in [-0.05, 0) is 37.0 Å². The molecule has 0 bridgehead atoms. The van der Waals surface area contributed by atoms with Crippen LogP contribution in [0.4, 0.5) is 23.3 Å². The van der Waals surface area contributed by atoms with Gasteiger partial charge < -0.3 is 16.4 Å². The van der Waals surface area contributed by atoms with Crippen LogP contribution in [0.1, 0.15) is 30.0 Å². The molecule has 0 aliphatic carbocycles. The Balaban J connectivity index is 1.59. The van der Waals surface area contributed by atoms with Gasteiger partial charge in [0.05, 0.1) is 0 Å². The third-order valence-electron chi connectivity index (χ3n) is 6.19. The predicted molar refractivity (Wildman–Crippen MR) is 122 cm³/mol. The monoisotopic (exact) mass is 414 g/mol. The number of hydrogen-bond donors (Lipinski definition) is 3. The highest BCUT2D eigenvalue weighted by Gasteiger charge is 2.47. The Hall–Kier alpha value is -3.61. The number of aromatic nitrogens is 2. The van der Waals surface area contributed by atoms with Crippen molar-refractivity contribution in [2.75, 3.05) is 22.1 Å². The van der Waals surface area contributed by atoms with Crippen molar-refractivity contribution in [2.45, 2.75) is 38.3 Å². The number of fused-ring (bicyclic) bond motifs is 2. The molecule has 0 spiro atoms. The molecule has 1 amide bonds. The first-order valence-corrected chi connectivity index (χ1v) is 10.7. The molecular weight excluding hydrogens is 388 g/mol. The molecule has 0 saturated carbocycles. The first-order valence-electron chi connectivity index (χ1n) is 10.7. The molecule has 31 heavy (non-hydrogen) atoms. The van der Waals surface area contributed by atoms with E-state index in [1.54, 1.807) is 0 Å². The van der Waals surface area contributed by atoms with Gasteiger partial charge in [0.2, 0.25) is 11.9 Å². The summed E-state index contributed by atoms with van der Waals surface area (Å²) in [4.78, 5) is 24.2. The van der Waals surface area contributed by atoms with Crippen LogP contribution >= 0.6 is 0 Å². The molecule has 158 valence electrons. The van der Waals surface area contributed by atoms with Crippen molar-refractivity contribution in [3.63, 3.8) is 0 Å². The number of carbonyl (C=O) groups is 1. The number of benzene rings is 2. The summed E-state index contributed by atoms with van der Waals surface area (Å²) in [5, 5.41) is 6.91. The van der Waals surface area contributed by atoms with Crippen LogP contribution in [0.15, 0.2) is 54.6 Å². The molecule has 3 aromatic rings. The average molecular weight is 415 g/mol. The first-order chi connectivity index (χ1) is 15.1. The lowest BCUT2D eigenvalue weighted by Gasteiger charge is -2.34. The summed E-state index contributed by atoms with van der Waals surface area (Å²) in [6, 6.07) is 18.2. The Bertz CT molecular complexity index is 1130. The minimum atomic E-state index is -0.927. The van der Waals surface area contributed by atoms with Crippen LogP contribution < -0.4 is 21.3 Å². The third-order valence-corrected chi connectivity index (χ3v) is 6.19. The van der Waals surface area contributed by atoms with Gasteiger partial charge in [-0.1, -0.05) is 48.5 Å². The normalized spacial score (nSPS) is 19.3. The second kappa shape index (κ2) is 7.58. The molecule has 5 rings (SSSR count). The van der Waals surface area contributed by atoms with E-state index in [1.807, 2.05) is 54.3 Å². The molecule has 2 aliphatic rings. The van der Waals surface area contributed by atoms with Crippen molar-refractivity contribution in [1.82, 2.24) is 9.97 Å². The second-order valence-corrected chi connectivity index (χ2v) is 8.35. The third kappa shape index (κ3) is 3.36. The van der Waals surface area contributed by atoms with Crippen LogP contribution in [0.3, 0.4) is 0 Å². The van der Waals surface area contributed by atoms with Crippen molar-refractivity contribution in [3.05, 3.63) is 71.3 Å². The summed E-state index contributed by atoms with van der Waals surface area (Å²) in [5.74, 6) is 1.71. The highest BCUT2D eigenvalue weighted by Crippen LogP contribution is 2.44. The fourth-order valence-electron chi connectivity index (χ4n) is 4.47. The molecule has 7 nitrogen and oxygen atoms in total. The minimum Gasteiger partial charge on any atom is -0.370 e. The first kappa shape index (κ1) is 19.4. The van der Waals surface area contributed by atoms with Crippen molar-refractivity contribution >= 4 is 29.2 Å². The van der Waals surface area contributed by atoms with Crippen LogP contribution in [-0.2, 0) is 24.2 Å². The predicted octanol–water partition coefficient (Wildman–Crippen LogP) is 3.39. The van der Waals surface area contributed by atoms with Gasteiger partial charge in [-0.25, -0.2) is 0 Å². The lowest BCUT2D eigenvalue weighted by atomic mass is 9.96. The van der Waals surface area contributed by atoms with Gasteiger partial charge in [0.15, 0.2) is 0 Å². The average Bonchev–Trinajstić information content (AvgIpc) is 3.11. The summed E-state index contributed by atoms with van der Waals surface area (Å²) in [6.07, 6.45) is 2.46. The van der Waals surface area contributed by atoms with Crippen LogP contribution in [0, 0.1) is 0 Å². The van der Waals surface area contributed by atoms with Crippen molar-refractivity contribution < 1.29 is 4.79 Å². The van der Waals surface area contributed by atoms with E-state index in [0.29, 0.717) is 18.9 Å². The molecule has 1 unspecified atom stereocenters. The number of nitrogens with one attached hydrogen (secondary N) is 2. The molecule has 2 aliphatic heterocycles. The second-order valence-electron chi connectivity index (χ2n) is 8.35. The molecule has 4 N–H and O–H groups in total. The van der Waals surface area contributed by atoms with Gasteiger partial charge in [-0.15, -0.1) is 0 Å². The van der Waals surface area contributed by atoms with Gasteiger partial charge in [0.25, 0.3) is 0 Å². The molecule has 1 aromatic heterocycles. The molecule has 3 heterocycles. The van der Waals surface area contributed by atoms with E-state index >= 15 is 0 Å². The lowest BCUT2D eigenvalue weighted by Crippen LogP contribution is -2.52. The van der Waals surface area contributed by atoms with E-state index in [2.05, 4.69) is 22.8 Å². The number of nitrogens with two attached hydrogens (primary N) is 1. The quantitative estimate of drug-likeness (QED) is 0.592. The number of carbonyl (C=O) groups excluding carboxylic acids is 1. The van der Waals surface area contributed by atoms with E-state index in [9.17, 15) is 4.79 Å². The van der Waals surface area contributed by atoms with Gasteiger partial charge in [0.1, 0.15) is 17.2 Å². The topological polar surface area (TPSA) is 96.2 Å². The van der Waals surface area contributed by atoms with Crippen molar-refractivity contribution in [2.24, 2.45) is 5.73 Å². The van der Waals surface area contributed by atoms with E-state index in [-0.39, 0.29) is 0 Å². The number of para-hydroxylation sites is 1. The fourth-order valence-corrected chi connectivity index (χ4v) is 4.47. The zero-order chi connectivity index (χ0) is 21.4. The molecule has 0 saturated heterocycles. The Kier molecular flexibility index (Phi) is 4.73. The number of amides is 1. The molecular formula is C24H26N6O. The zero-order valence-electron chi connectivity index (χ0n) is 17.6.